The molecule has 4 atom stereocenters. The highest BCUT2D eigenvalue weighted by Gasteiger charge is 2.34. The van der Waals surface area contributed by atoms with Gasteiger partial charge in [0.2, 0.25) is 5.91 Å². The van der Waals surface area contributed by atoms with Crippen LogP contribution in [0.25, 0.3) is 6.08 Å². The molecule has 2 amide bonds. The molecule has 3 aromatic carbocycles. The Kier molecular flexibility index (Phi) is 8.50. The molecule has 5 N–H and O–H groups in total. The molecule has 0 radical (unpaired) electrons. The van der Waals surface area contributed by atoms with Crippen LogP contribution in [0.1, 0.15) is 45.1 Å². The molecule has 0 fully saturated rings. The van der Waals surface area contributed by atoms with Crippen molar-refractivity contribution in [3.05, 3.63) is 113 Å². The topological polar surface area (TPSA) is 116 Å². The van der Waals surface area contributed by atoms with Gasteiger partial charge in [0.15, 0.2) is 0 Å². The molecule has 7 heteroatoms. The van der Waals surface area contributed by atoms with Gasteiger partial charge in [-0.25, -0.2) is 5.84 Å². The molecular formula is C30H33N3O4. The zero-order valence-corrected chi connectivity index (χ0v) is 20.7. The summed E-state index contributed by atoms with van der Waals surface area (Å²) in [6, 6.07) is 23.6. The molecule has 37 heavy (non-hydrogen) atoms. The van der Waals surface area contributed by atoms with Gasteiger partial charge in [-0.05, 0) is 47.2 Å². The van der Waals surface area contributed by atoms with E-state index >= 15 is 0 Å². The van der Waals surface area contributed by atoms with Crippen LogP contribution in [-0.4, -0.2) is 45.8 Å². The summed E-state index contributed by atoms with van der Waals surface area (Å²) in [5.41, 5.74) is 4.14. The van der Waals surface area contributed by atoms with Crippen molar-refractivity contribution in [1.82, 2.24) is 10.3 Å². The van der Waals surface area contributed by atoms with E-state index in [0.717, 1.165) is 27.3 Å². The van der Waals surface area contributed by atoms with Crippen molar-refractivity contribution in [1.29, 1.82) is 0 Å². The minimum absolute atomic E-state index is 0.0988. The number of nitrogens with zero attached hydrogens (tertiary/aromatic N) is 1. The summed E-state index contributed by atoms with van der Waals surface area (Å²) in [4.78, 5) is 26.2. The highest BCUT2D eigenvalue weighted by atomic mass is 16.3. The van der Waals surface area contributed by atoms with Crippen molar-refractivity contribution in [2.75, 3.05) is 6.54 Å². The number of aliphatic hydroxyl groups is 2. The number of carbonyl (C=O) groups is 2. The lowest BCUT2D eigenvalue weighted by Crippen LogP contribution is -2.45. The van der Waals surface area contributed by atoms with Crippen molar-refractivity contribution in [2.45, 2.75) is 37.5 Å². The van der Waals surface area contributed by atoms with Crippen molar-refractivity contribution >= 4 is 17.9 Å². The lowest BCUT2D eigenvalue weighted by molar-refractivity contribution is -0.127. The van der Waals surface area contributed by atoms with Crippen LogP contribution < -0.4 is 11.2 Å². The number of fused-ring (bicyclic) bond motifs is 1. The van der Waals surface area contributed by atoms with E-state index < -0.39 is 30.1 Å². The van der Waals surface area contributed by atoms with Crippen LogP contribution in [0.15, 0.2) is 85.4 Å². The van der Waals surface area contributed by atoms with E-state index in [9.17, 15) is 19.8 Å². The molecule has 1 aliphatic rings. The zero-order chi connectivity index (χ0) is 26.4. The van der Waals surface area contributed by atoms with E-state index in [1.807, 2.05) is 54.6 Å². The molecule has 7 nitrogen and oxygen atoms in total. The number of hydrazine groups is 1. The Morgan fingerprint density at radius 1 is 1.05 bits per heavy atom. The molecule has 0 saturated carbocycles. The van der Waals surface area contributed by atoms with Gasteiger partial charge >= 0.3 is 0 Å². The van der Waals surface area contributed by atoms with Gasteiger partial charge in [0.1, 0.15) is 0 Å². The Morgan fingerprint density at radius 3 is 2.43 bits per heavy atom. The van der Waals surface area contributed by atoms with E-state index in [4.69, 9.17) is 5.84 Å². The van der Waals surface area contributed by atoms with E-state index in [1.165, 1.54) is 0 Å². The summed E-state index contributed by atoms with van der Waals surface area (Å²) in [7, 11) is 0. The highest BCUT2D eigenvalue weighted by molar-refractivity contribution is 5.94. The number of nitrogens with two attached hydrogens (primary N) is 1. The third-order valence-corrected chi connectivity index (χ3v) is 6.82. The summed E-state index contributed by atoms with van der Waals surface area (Å²) in [5.74, 6) is 4.72. The molecule has 1 aliphatic carbocycles. The first-order valence-electron chi connectivity index (χ1n) is 12.4. The number of hydrogen-bond donors (Lipinski definition) is 4. The quantitative estimate of drug-likeness (QED) is 0.194. The van der Waals surface area contributed by atoms with Gasteiger partial charge in [0.05, 0.1) is 24.8 Å². The van der Waals surface area contributed by atoms with Crippen LogP contribution in [-0.2, 0) is 17.6 Å². The maximum Gasteiger partial charge on any atom is 0.267 e. The molecule has 0 saturated heterocycles. The number of carbonyl (C=O) groups excluding carboxylic acids is 2. The molecule has 0 heterocycles. The van der Waals surface area contributed by atoms with E-state index in [2.05, 4.69) is 11.9 Å². The average Bonchev–Trinajstić information content (AvgIpc) is 3.23. The SMILES string of the molecule is C=Cc1ccc(C(=O)N(N)CC(O)CC(Cc2ccccc2)C(=O)NC2c3ccccc3CC2O)cc1. The second-order valence-corrected chi connectivity index (χ2v) is 9.52. The molecule has 3 aromatic rings. The first-order valence-corrected chi connectivity index (χ1v) is 12.4. The molecule has 0 aromatic heterocycles. The number of amides is 2. The Hall–Kier alpha value is -3.78. The monoisotopic (exact) mass is 499 g/mol. The van der Waals surface area contributed by atoms with Crippen molar-refractivity contribution in [3.63, 3.8) is 0 Å². The van der Waals surface area contributed by atoms with Gasteiger partial charge in [-0.2, -0.15) is 0 Å². The highest BCUT2D eigenvalue weighted by Crippen LogP contribution is 2.32. The molecular weight excluding hydrogens is 466 g/mol. The number of rotatable bonds is 10. The lowest BCUT2D eigenvalue weighted by Gasteiger charge is -2.26. The largest absolute Gasteiger partial charge is 0.391 e. The van der Waals surface area contributed by atoms with Gasteiger partial charge in [0.25, 0.3) is 5.91 Å². The first-order chi connectivity index (χ1) is 17.9. The summed E-state index contributed by atoms with van der Waals surface area (Å²) in [5, 5.41) is 25.4. The molecule has 192 valence electrons. The summed E-state index contributed by atoms with van der Waals surface area (Å²) in [6.45, 7) is 3.57. The predicted molar refractivity (Wildman–Crippen MR) is 143 cm³/mol. The minimum atomic E-state index is -1.03. The standard InChI is InChI=1S/C30H33N3O4/c1-2-20-12-14-22(15-13-20)30(37)33(31)19-25(34)17-24(16-21-8-4-3-5-9-21)29(36)32-28-26-11-7-6-10-23(26)18-27(28)35/h2-15,24-25,27-28,34-35H,1,16-19,31H2,(H,32,36). The van der Waals surface area contributed by atoms with Crippen LogP contribution in [0.3, 0.4) is 0 Å². The number of benzene rings is 3. The Bertz CT molecular complexity index is 1230. The fourth-order valence-corrected chi connectivity index (χ4v) is 4.84. The van der Waals surface area contributed by atoms with Gasteiger partial charge < -0.3 is 15.5 Å². The lowest BCUT2D eigenvalue weighted by atomic mass is 9.92. The van der Waals surface area contributed by atoms with Gasteiger partial charge in [-0.3, -0.25) is 14.6 Å². The molecule has 0 bridgehead atoms. The van der Waals surface area contributed by atoms with E-state index in [1.54, 1.807) is 30.3 Å². The fraction of sp³-hybridized carbons (Fsp3) is 0.267. The maximum absolute atomic E-state index is 13.4. The van der Waals surface area contributed by atoms with E-state index in [-0.39, 0.29) is 18.9 Å². The normalized spacial score (nSPS) is 17.9. The van der Waals surface area contributed by atoms with Crippen LogP contribution in [0, 0.1) is 5.92 Å². The van der Waals surface area contributed by atoms with Crippen LogP contribution >= 0.6 is 0 Å². The molecule has 4 unspecified atom stereocenters. The smallest absolute Gasteiger partial charge is 0.267 e. The van der Waals surface area contributed by atoms with Crippen molar-refractivity contribution < 1.29 is 19.8 Å². The van der Waals surface area contributed by atoms with Crippen LogP contribution in [0.2, 0.25) is 0 Å². The average molecular weight is 500 g/mol. The second kappa shape index (κ2) is 12.0. The number of hydrogen-bond acceptors (Lipinski definition) is 5. The van der Waals surface area contributed by atoms with Gasteiger partial charge in [-0.15, -0.1) is 0 Å². The Balaban J connectivity index is 1.44. The third kappa shape index (κ3) is 6.51. The van der Waals surface area contributed by atoms with Gasteiger partial charge in [0, 0.05) is 17.9 Å². The molecule has 0 spiro atoms. The summed E-state index contributed by atoms with van der Waals surface area (Å²) < 4.78 is 0. The zero-order valence-electron chi connectivity index (χ0n) is 20.7. The molecule has 4 rings (SSSR count). The van der Waals surface area contributed by atoms with Crippen LogP contribution in [0.4, 0.5) is 0 Å². The maximum atomic E-state index is 13.4. The second-order valence-electron chi connectivity index (χ2n) is 9.52. The summed E-state index contributed by atoms with van der Waals surface area (Å²) in [6.07, 6.45) is 0.914. The Labute approximate surface area is 217 Å². The fourth-order valence-electron chi connectivity index (χ4n) is 4.84. The van der Waals surface area contributed by atoms with Crippen molar-refractivity contribution in [2.24, 2.45) is 11.8 Å². The van der Waals surface area contributed by atoms with E-state index in [0.29, 0.717) is 18.4 Å². The Morgan fingerprint density at radius 2 is 1.73 bits per heavy atom. The third-order valence-electron chi connectivity index (χ3n) is 6.82. The first kappa shape index (κ1) is 26.3. The molecule has 0 aliphatic heterocycles. The predicted octanol–water partition coefficient (Wildman–Crippen LogP) is 3.03. The number of aliphatic hydroxyl groups excluding tert-OH is 2. The summed E-state index contributed by atoms with van der Waals surface area (Å²) >= 11 is 0. The van der Waals surface area contributed by atoms with Crippen LogP contribution in [0.5, 0.6) is 0 Å². The number of nitrogens with one attached hydrogen (secondary N) is 1. The van der Waals surface area contributed by atoms with Crippen molar-refractivity contribution in [3.8, 4) is 0 Å². The minimum Gasteiger partial charge on any atom is -0.391 e. The van der Waals surface area contributed by atoms with Gasteiger partial charge in [-0.1, -0.05) is 79.4 Å².